The molecule has 0 aromatic heterocycles. The summed E-state index contributed by atoms with van der Waals surface area (Å²) in [4.78, 5) is 0.904. The summed E-state index contributed by atoms with van der Waals surface area (Å²) >= 11 is 1.51. The lowest BCUT2D eigenvalue weighted by molar-refractivity contribution is 0.599. The molecule has 2 rings (SSSR count). The van der Waals surface area contributed by atoms with E-state index in [2.05, 4.69) is 4.72 Å². The number of aryl methyl sites for hydroxylation is 1. The number of thioether (sulfide) groups is 1. The first-order valence-electron chi connectivity index (χ1n) is 6.06. The Hall–Kier alpha value is -1.73. The smallest absolute Gasteiger partial charge is 0.262 e. The molecule has 2 aromatic rings. The Bertz CT molecular complexity index is 777. The van der Waals surface area contributed by atoms with Crippen LogP contribution in [-0.4, -0.2) is 14.7 Å². The maximum Gasteiger partial charge on any atom is 0.262 e. The van der Waals surface area contributed by atoms with Crippen LogP contribution in [0, 0.1) is 12.7 Å². The van der Waals surface area contributed by atoms with Gasteiger partial charge in [0.05, 0.1) is 10.6 Å². The molecule has 4 nitrogen and oxygen atoms in total. The van der Waals surface area contributed by atoms with E-state index in [1.54, 1.807) is 18.2 Å². The van der Waals surface area contributed by atoms with Gasteiger partial charge < -0.3 is 5.73 Å². The van der Waals surface area contributed by atoms with Gasteiger partial charge in [0, 0.05) is 10.6 Å². The van der Waals surface area contributed by atoms with Crippen LogP contribution in [0.25, 0.3) is 0 Å². The molecule has 3 N–H and O–H groups in total. The third-order valence-electron chi connectivity index (χ3n) is 2.91. The summed E-state index contributed by atoms with van der Waals surface area (Å²) in [6, 6.07) is 9.26. The van der Waals surface area contributed by atoms with E-state index >= 15 is 0 Å². The molecule has 0 aliphatic carbocycles. The Balaban J connectivity index is 2.40. The quantitative estimate of drug-likeness (QED) is 0.668. The minimum atomic E-state index is -3.81. The number of nitrogens with one attached hydrogen (secondary N) is 1. The number of halogens is 1. The Morgan fingerprint density at radius 2 is 1.95 bits per heavy atom. The van der Waals surface area contributed by atoms with Crippen molar-refractivity contribution in [1.82, 2.24) is 0 Å². The number of sulfonamides is 1. The van der Waals surface area contributed by atoms with Crippen molar-refractivity contribution in [1.29, 1.82) is 0 Å². The highest BCUT2D eigenvalue weighted by Gasteiger charge is 2.19. The van der Waals surface area contributed by atoms with Crippen molar-refractivity contribution in [2.45, 2.75) is 16.7 Å². The Kier molecular flexibility index (Phi) is 4.43. The Labute approximate surface area is 127 Å². The highest BCUT2D eigenvalue weighted by Crippen LogP contribution is 2.25. The number of hydrogen-bond donors (Lipinski definition) is 2. The van der Waals surface area contributed by atoms with Crippen molar-refractivity contribution >= 4 is 33.2 Å². The second-order valence-electron chi connectivity index (χ2n) is 4.48. The monoisotopic (exact) mass is 326 g/mol. The molecule has 0 heterocycles. The van der Waals surface area contributed by atoms with Gasteiger partial charge >= 0.3 is 0 Å². The lowest BCUT2D eigenvalue weighted by Crippen LogP contribution is -2.15. The molecule has 0 spiro atoms. The molecule has 21 heavy (non-hydrogen) atoms. The number of benzene rings is 2. The zero-order valence-corrected chi connectivity index (χ0v) is 13.2. The van der Waals surface area contributed by atoms with Gasteiger partial charge in [-0.05, 0) is 49.1 Å². The molecule has 0 aliphatic rings. The third-order valence-corrected chi connectivity index (χ3v) is 5.15. The van der Waals surface area contributed by atoms with Gasteiger partial charge in [0.15, 0.2) is 0 Å². The van der Waals surface area contributed by atoms with Crippen LogP contribution in [0.2, 0.25) is 0 Å². The minimum absolute atomic E-state index is 0.0315. The zero-order chi connectivity index (χ0) is 15.6. The largest absolute Gasteiger partial charge is 0.396 e. The summed E-state index contributed by atoms with van der Waals surface area (Å²) in [6.07, 6.45) is 1.90. The molecule has 0 saturated carbocycles. The molecular formula is C14H15FN2O2S2. The van der Waals surface area contributed by atoms with Crippen molar-refractivity contribution in [2.75, 3.05) is 16.7 Å². The van der Waals surface area contributed by atoms with Crippen molar-refractivity contribution in [3.05, 3.63) is 47.8 Å². The van der Waals surface area contributed by atoms with Crippen LogP contribution in [0.4, 0.5) is 15.8 Å². The molecule has 7 heteroatoms. The summed E-state index contributed by atoms with van der Waals surface area (Å²) in [6.45, 7) is 1.52. The van der Waals surface area contributed by atoms with Crippen LogP contribution in [0.15, 0.2) is 46.2 Å². The van der Waals surface area contributed by atoms with Crippen LogP contribution in [-0.2, 0) is 10.0 Å². The lowest BCUT2D eigenvalue weighted by Gasteiger charge is -2.12. The van der Waals surface area contributed by atoms with Gasteiger partial charge in [-0.1, -0.05) is 6.07 Å². The Morgan fingerprint density at radius 1 is 1.24 bits per heavy atom. The normalized spacial score (nSPS) is 11.4. The van der Waals surface area contributed by atoms with Crippen LogP contribution in [0.3, 0.4) is 0 Å². The third kappa shape index (κ3) is 3.48. The fourth-order valence-corrected chi connectivity index (χ4v) is 3.63. The van der Waals surface area contributed by atoms with Crippen molar-refractivity contribution in [3.63, 3.8) is 0 Å². The first kappa shape index (κ1) is 15.7. The highest BCUT2D eigenvalue weighted by molar-refractivity contribution is 7.98. The fourth-order valence-electron chi connectivity index (χ4n) is 1.85. The van der Waals surface area contributed by atoms with E-state index in [4.69, 9.17) is 5.73 Å². The maximum absolute atomic E-state index is 13.3. The number of nitrogens with two attached hydrogens (primary N) is 1. The van der Waals surface area contributed by atoms with E-state index < -0.39 is 15.8 Å². The van der Waals surface area contributed by atoms with Gasteiger partial charge in [-0.3, -0.25) is 4.72 Å². The van der Waals surface area contributed by atoms with Crippen LogP contribution >= 0.6 is 11.8 Å². The number of anilines is 2. The van der Waals surface area contributed by atoms with Crippen molar-refractivity contribution < 1.29 is 12.8 Å². The fraction of sp³-hybridized carbons (Fsp3) is 0.143. The molecule has 112 valence electrons. The first-order chi connectivity index (χ1) is 9.83. The van der Waals surface area contributed by atoms with Crippen molar-refractivity contribution in [3.8, 4) is 0 Å². The number of rotatable bonds is 4. The topological polar surface area (TPSA) is 72.2 Å². The minimum Gasteiger partial charge on any atom is -0.396 e. The number of hydrogen-bond acceptors (Lipinski definition) is 4. The van der Waals surface area contributed by atoms with Gasteiger partial charge in [0.2, 0.25) is 0 Å². The molecule has 0 radical (unpaired) electrons. The molecule has 2 aromatic carbocycles. The van der Waals surface area contributed by atoms with Crippen LogP contribution in [0.1, 0.15) is 5.56 Å². The molecule has 0 aliphatic heterocycles. The molecule has 0 saturated heterocycles. The molecule has 0 atom stereocenters. The summed E-state index contributed by atoms with van der Waals surface area (Å²) in [5.41, 5.74) is 6.01. The molecule has 0 fully saturated rings. The van der Waals surface area contributed by atoms with E-state index in [0.717, 1.165) is 17.0 Å². The molecule has 0 bridgehead atoms. The standard InChI is InChI=1S/C14H15FN2O2S2/c1-9-6-12(15)13(16)8-14(9)21(18,19)17-10-4-3-5-11(7-10)20-2/h3-8,17H,16H2,1-2H3. The van der Waals surface area contributed by atoms with Gasteiger partial charge in [-0.25, -0.2) is 12.8 Å². The Morgan fingerprint density at radius 3 is 2.62 bits per heavy atom. The molecule has 0 unspecified atom stereocenters. The molecular weight excluding hydrogens is 311 g/mol. The van der Waals surface area contributed by atoms with E-state index in [1.165, 1.54) is 18.7 Å². The summed E-state index contributed by atoms with van der Waals surface area (Å²) in [7, 11) is -3.81. The van der Waals surface area contributed by atoms with Crippen molar-refractivity contribution in [2.24, 2.45) is 0 Å². The summed E-state index contributed by atoms with van der Waals surface area (Å²) in [5, 5.41) is 0. The van der Waals surface area contributed by atoms with Gasteiger partial charge in [-0.15, -0.1) is 11.8 Å². The summed E-state index contributed by atoms with van der Waals surface area (Å²) in [5.74, 6) is -0.629. The average molecular weight is 326 g/mol. The number of nitrogen functional groups attached to an aromatic ring is 1. The van der Waals surface area contributed by atoms with E-state index in [0.29, 0.717) is 11.3 Å². The first-order valence-corrected chi connectivity index (χ1v) is 8.77. The zero-order valence-electron chi connectivity index (χ0n) is 11.6. The van der Waals surface area contributed by atoms with Gasteiger partial charge in [0.25, 0.3) is 10.0 Å². The lowest BCUT2D eigenvalue weighted by atomic mass is 10.2. The predicted molar refractivity (Wildman–Crippen MR) is 84.6 cm³/mol. The second-order valence-corrected chi connectivity index (χ2v) is 7.01. The average Bonchev–Trinajstić information content (AvgIpc) is 2.42. The second kappa shape index (κ2) is 5.95. The van der Waals surface area contributed by atoms with E-state index in [-0.39, 0.29) is 10.6 Å². The van der Waals surface area contributed by atoms with Gasteiger partial charge in [0.1, 0.15) is 5.82 Å². The molecule has 0 amide bonds. The van der Waals surface area contributed by atoms with E-state index in [1.807, 2.05) is 12.3 Å². The van der Waals surface area contributed by atoms with Gasteiger partial charge in [-0.2, -0.15) is 0 Å². The van der Waals surface area contributed by atoms with E-state index in [9.17, 15) is 12.8 Å². The predicted octanol–water partition coefficient (Wildman–Crippen LogP) is 3.24. The van der Waals surface area contributed by atoms with Crippen LogP contribution in [0.5, 0.6) is 0 Å². The maximum atomic E-state index is 13.3. The van der Waals surface area contributed by atoms with Crippen LogP contribution < -0.4 is 10.5 Å². The highest BCUT2D eigenvalue weighted by atomic mass is 32.2. The summed E-state index contributed by atoms with van der Waals surface area (Å²) < 4.78 is 40.6. The SMILES string of the molecule is CSc1cccc(NS(=O)(=O)c2cc(N)c(F)cc2C)c1.